The van der Waals surface area contributed by atoms with Crippen LogP contribution >= 0.6 is 11.5 Å². The highest BCUT2D eigenvalue weighted by molar-refractivity contribution is 7.10. The van der Waals surface area contributed by atoms with Crippen molar-refractivity contribution >= 4 is 22.4 Å². The van der Waals surface area contributed by atoms with Crippen LogP contribution in [0, 0.1) is 0 Å². The summed E-state index contributed by atoms with van der Waals surface area (Å²) in [4.78, 5) is 11.9. The molecule has 0 bridgehead atoms. The first-order valence-electron chi connectivity index (χ1n) is 5.78. The van der Waals surface area contributed by atoms with Crippen LogP contribution in [-0.4, -0.2) is 20.7 Å². The Balaban J connectivity index is 2.08. The van der Waals surface area contributed by atoms with Gasteiger partial charge in [-0.1, -0.05) is 23.5 Å². The monoisotopic (exact) mass is 266 g/mol. The highest BCUT2D eigenvalue weighted by Gasteiger charge is 2.17. The van der Waals surface area contributed by atoms with Crippen LogP contribution in [0.5, 0.6) is 0 Å². The lowest BCUT2D eigenvalue weighted by atomic mass is 10.1. The van der Waals surface area contributed by atoms with Gasteiger partial charge in [-0.3, -0.25) is 4.79 Å². The predicted octanol–water partition coefficient (Wildman–Crippen LogP) is 1.83. The minimum atomic E-state index is -0.103. The Morgan fingerprint density at radius 1 is 1.44 bits per heavy atom. The molecule has 0 aliphatic heterocycles. The standard InChI is InChI=1S/C11H14N4O2S/c1-3-8-7(9(4-2)17-14-8)5-10(16)13-11-6-12-15-18-11/h6H,3-5H2,1-2H3,(H,13,16). The van der Waals surface area contributed by atoms with E-state index in [4.69, 9.17) is 4.52 Å². The molecule has 0 aliphatic carbocycles. The first kappa shape index (κ1) is 12.7. The maximum absolute atomic E-state index is 11.9. The van der Waals surface area contributed by atoms with Gasteiger partial charge >= 0.3 is 0 Å². The van der Waals surface area contributed by atoms with Gasteiger partial charge in [0.05, 0.1) is 18.3 Å². The van der Waals surface area contributed by atoms with Crippen LogP contribution in [0.1, 0.15) is 30.9 Å². The molecule has 0 saturated heterocycles. The number of carbonyl (C=O) groups excluding carboxylic acids is 1. The molecule has 0 fully saturated rings. The van der Waals surface area contributed by atoms with Crippen LogP contribution in [0.2, 0.25) is 0 Å². The van der Waals surface area contributed by atoms with Crippen molar-refractivity contribution in [2.45, 2.75) is 33.1 Å². The summed E-state index contributed by atoms with van der Waals surface area (Å²) >= 11 is 1.15. The smallest absolute Gasteiger partial charge is 0.229 e. The summed E-state index contributed by atoms with van der Waals surface area (Å²) in [6.45, 7) is 3.97. The summed E-state index contributed by atoms with van der Waals surface area (Å²) in [5.41, 5.74) is 1.75. The summed E-state index contributed by atoms with van der Waals surface area (Å²) in [6, 6.07) is 0. The third kappa shape index (κ3) is 2.73. The molecule has 2 aromatic rings. The van der Waals surface area contributed by atoms with E-state index in [9.17, 15) is 4.79 Å². The second-order valence-corrected chi connectivity index (χ2v) is 4.53. The number of anilines is 1. The van der Waals surface area contributed by atoms with Gasteiger partial charge in [0, 0.05) is 23.5 Å². The Morgan fingerprint density at radius 3 is 2.89 bits per heavy atom. The average molecular weight is 266 g/mol. The Morgan fingerprint density at radius 2 is 2.28 bits per heavy atom. The van der Waals surface area contributed by atoms with Crippen molar-refractivity contribution in [3.05, 3.63) is 23.2 Å². The van der Waals surface area contributed by atoms with Crippen molar-refractivity contribution in [3.63, 3.8) is 0 Å². The molecular weight excluding hydrogens is 252 g/mol. The van der Waals surface area contributed by atoms with E-state index < -0.39 is 0 Å². The van der Waals surface area contributed by atoms with Gasteiger partial charge < -0.3 is 9.84 Å². The molecule has 0 spiro atoms. The van der Waals surface area contributed by atoms with Crippen LogP contribution in [0.3, 0.4) is 0 Å². The van der Waals surface area contributed by atoms with Crippen LogP contribution in [0.15, 0.2) is 10.7 Å². The fraction of sp³-hybridized carbons (Fsp3) is 0.455. The van der Waals surface area contributed by atoms with Crippen LogP contribution in [-0.2, 0) is 24.1 Å². The van der Waals surface area contributed by atoms with Gasteiger partial charge in [0.25, 0.3) is 0 Å². The molecule has 2 aromatic heterocycles. The van der Waals surface area contributed by atoms with E-state index in [-0.39, 0.29) is 12.3 Å². The maximum atomic E-state index is 11.9. The molecule has 18 heavy (non-hydrogen) atoms. The van der Waals surface area contributed by atoms with Crippen LogP contribution < -0.4 is 5.32 Å². The molecular formula is C11H14N4O2S. The van der Waals surface area contributed by atoms with E-state index in [0.29, 0.717) is 5.00 Å². The number of hydrogen-bond donors (Lipinski definition) is 1. The number of carbonyl (C=O) groups is 1. The molecule has 0 aliphatic rings. The fourth-order valence-electron chi connectivity index (χ4n) is 1.70. The minimum absolute atomic E-state index is 0.103. The average Bonchev–Trinajstić information content (AvgIpc) is 2.98. The second kappa shape index (κ2) is 5.72. The van der Waals surface area contributed by atoms with E-state index >= 15 is 0 Å². The van der Waals surface area contributed by atoms with Crippen LogP contribution in [0.25, 0.3) is 0 Å². The molecule has 0 unspecified atom stereocenters. The number of nitrogens with zero attached hydrogens (tertiary/aromatic N) is 3. The maximum Gasteiger partial charge on any atom is 0.229 e. The molecule has 0 radical (unpaired) electrons. The molecule has 96 valence electrons. The second-order valence-electron chi connectivity index (χ2n) is 3.74. The third-order valence-electron chi connectivity index (χ3n) is 2.57. The number of amides is 1. The van der Waals surface area contributed by atoms with E-state index in [2.05, 4.69) is 20.1 Å². The molecule has 7 heteroatoms. The van der Waals surface area contributed by atoms with Gasteiger partial charge in [-0.25, -0.2) is 0 Å². The quantitative estimate of drug-likeness (QED) is 0.893. The summed E-state index contributed by atoms with van der Waals surface area (Å²) in [7, 11) is 0. The summed E-state index contributed by atoms with van der Waals surface area (Å²) in [5, 5.41) is 11.0. The lowest BCUT2D eigenvalue weighted by Crippen LogP contribution is -2.15. The van der Waals surface area contributed by atoms with Crippen molar-refractivity contribution in [3.8, 4) is 0 Å². The van der Waals surface area contributed by atoms with E-state index in [1.807, 2.05) is 13.8 Å². The summed E-state index contributed by atoms with van der Waals surface area (Å²) in [6.07, 6.45) is 3.29. The number of hydrogen-bond acceptors (Lipinski definition) is 6. The molecule has 0 saturated carbocycles. The molecule has 2 rings (SSSR count). The first-order chi connectivity index (χ1) is 8.74. The molecule has 1 amide bonds. The zero-order valence-corrected chi connectivity index (χ0v) is 11.1. The largest absolute Gasteiger partial charge is 0.361 e. The Labute approximate surface area is 109 Å². The molecule has 1 N–H and O–H groups in total. The van der Waals surface area contributed by atoms with Crippen molar-refractivity contribution < 1.29 is 9.32 Å². The van der Waals surface area contributed by atoms with Gasteiger partial charge in [0.2, 0.25) is 5.91 Å². The predicted molar refractivity (Wildman–Crippen MR) is 67.5 cm³/mol. The number of rotatable bonds is 5. The normalized spacial score (nSPS) is 10.6. The Hall–Kier alpha value is -1.76. The molecule has 6 nitrogen and oxygen atoms in total. The lowest BCUT2D eigenvalue weighted by molar-refractivity contribution is -0.115. The van der Waals surface area contributed by atoms with Gasteiger partial charge in [-0.05, 0) is 6.42 Å². The highest BCUT2D eigenvalue weighted by atomic mass is 32.1. The highest BCUT2D eigenvalue weighted by Crippen LogP contribution is 2.17. The zero-order valence-electron chi connectivity index (χ0n) is 10.3. The van der Waals surface area contributed by atoms with E-state index in [1.54, 1.807) is 0 Å². The van der Waals surface area contributed by atoms with Crippen molar-refractivity contribution in [2.75, 3.05) is 5.32 Å². The molecule has 2 heterocycles. The summed E-state index contributed by atoms with van der Waals surface area (Å²) < 4.78 is 8.91. The Kier molecular flexibility index (Phi) is 4.03. The topological polar surface area (TPSA) is 80.9 Å². The minimum Gasteiger partial charge on any atom is -0.361 e. The molecule has 0 aromatic carbocycles. The third-order valence-corrected chi connectivity index (χ3v) is 3.15. The summed E-state index contributed by atoms with van der Waals surface area (Å²) in [5.74, 6) is 0.679. The number of nitrogens with one attached hydrogen (secondary N) is 1. The van der Waals surface area contributed by atoms with Crippen LogP contribution in [0.4, 0.5) is 5.00 Å². The lowest BCUT2D eigenvalue weighted by Gasteiger charge is -2.02. The van der Waals surface area contributed by atoms with E-state index in [0.717, 1.165) is 41.4 Å². The van der Waals surface area contributed by atoms with Crippen molar-refractivity contribution in [2.24, 2.45) is 0 Å². The van der Waals surface area contributed by atoms with Crippen molar-refractivity contribution in [1.82, 2.24) is 14.7 Å². The zero-order chi connectivity index (χ0) is 13.0. The first-order valence-corrected chi connectivity index (χ1v) is 6.55. The van der Waals surface area contributed by atoms with Gasteiger partial charge in [-0.15, -0.1) is 5.10 Å². The van der Waals surface area contributed by atoms with Gasteiger partial charge in [0.1, 0.15) is 10.8 Å². The Bertz CT molecular complexity index is 500. The number of aromatic nitrogens is 3. The fourth-order valence-corrected chi connectivity index (χ4v) is 2.14. The van der Waals surface area contributed by atoms with Crippen molar-refractivity contribution in [1.29, 1.82) is 0 Å². The van der Waals surface area contributed by atoms with Gasteiger partial charge in [0.15, 0.2) is 0 Å². The SMILES string of the molecule is CCc1noc(CC)c1CC(=O)Nc1cnns1. The number of aryl methyl sites for hydroxylation is 2. The molecule has 0 atom stereocenters. The van der Waals surface area contributed by atoms with E-state index in [1.165, 1.54) is 6.20 Å². The van der Waals surface area contributed by atoms with Gasteiger partial charge in [-0.2, -0.15) is 0 Å².